The second-order valence-electron chi connectivity index (χ2n) is 18.5. The van der Waals surface area contributed by atoms with Gasteiger partial charge in [0.25, 0.3) is 0 Å². The van der Waals surface area contributed by atoms with Crippen molar-refractivity contribution in [3.05, 3.63) is 0 Å². The van der Waals surface area contributed by atoms with Gasteiger partial charge in [0.2, 0.25) is 0 Å². The average molecular weight is 1600 g/mol. The normalized spacial score (nSPS) is 18.1. The van der Waals surface area contributed by atoms with Gasteiger partial charge in [-0.3, -0.25) is 4.79 Å². The monoisotopic (exact) mass is 1600 g/mol. The van der Waals surface area contributed by atoms with Crippen molar-refractivity contribution in [2.45, 2.75) is 172 Å². The summed E-state index contributed by atoms with van der Waals surface area (Å²) in [5.74, 6) is -280. The van der Waals surface area contributed by atoms with E-state index in [4.69, 9.17) is 0 Å². The van der Waals surface area contributed by atoms with E-state index in [9.17, 15) is 264 Å². The molecule has 0 bridgehead atoms. The molecule has 1 saturated heterocycles. The number of hydrogen-bond donors (Lipinski definition) is 0. The Morgan fingerprint density at radius 2 is 0.340 bits per heavy atom. The molecule has 4 nitrogen and oxygen atoms in total. The lowest BCUT2D eigenvalue weighted by Crippen LogP contribution is -2.81. The number of ether oxygens (including phenoxy) is 2. The summed E-state index contributed by atoms with van der Waals surface area (Å²) in [6, 6.07) is 0. The molecule has 1 fully saturated rings. The van der Waals surface area contributed by atoms with Gasteiger partial charge < -0.3 is 9.64 Å². The lowest BCUT2D eigenvalue weighted by molar-refractivity contribution is -0.511. The number of morpholine rings is 1. The molecule has 0 atom stereocenters. The van der Waals surface area contributed by atoms with Gasteiger partial charge in [0, 0.05) is 13.1 Å². The van der Waals surface area contributed by atoms with Gasteiger partial charge in [-0.15, -0.1) is 0 Å². The first-order valence-electron chi connectivity index (χ1n) is 21.2. The Morgan fingerprint density at radius 3 is 0.485 bits per heavy atom. The van der Waals surface area contributed by atoms with Crippen LogP contribution >= 0.6 is 0 Å². The van der Waals surface area contributed by atoms with E-state index >= 15 is 0 Å². The molecule has 0 aliphatic carbocycles. The van der Waals surface area contributed by atoms with Gasteiger partial charge >= 0.3 is 178 Å². The molecule has 1 aliphatic rings. The number of halogens is 59. The van der Waals surface area contributed by atoms with Gasteiger partial charge in [-0.2, -0.15) is 259 Å². The molecular weight excluding hydrogens is 1590 g/mol. The number of hydrogen-bond acceptors (Lipinski definition) is 3. The molecule has 1 amide bonds. The molecule has 1 rings (SSSR count). The van der Waals surface area contributed by atoms with E-state index in [-0.39, 0.29) is 0 Å². The second kappa shape index (κ2) is 22.6. The van der Waals surface area contributed by atoms with Crippen LogP contribution in [0.3, 0.4) is 0 Å². The maximum absolute atomic E-state index is 14.3. The van der Waals surface area contributed by atoms with E-state index in [0.717, 1.165) is 4.74 Å². The van der Waals surface area contributed by atoms with Crippen LogP contribution in [-0.2, 0) is 14.3 Å². The summed E-state index contributed by atoms with van der Waals surface area (Å²) in [5.41, 5.74) is 0. The van der Waals surface area contributed by atoms with Gasteiger partial charge in [0.15, 0.2) is 0 Å². The van der Waals surface area contributed by atoms with E-state index in [1.165, 1.54) is 0 Å². The molecule has 0 aromatic carbocycles. The van der Waals surface area contributed by atoms with Crippen molar-refractivity contribution in [2.75, 3.05) is 26.3 Å². The van der Waals surface area contributed by atoms with Crippen LogP contribution in [0.2, 0.25) is 0 Å². The summed E-state index contributed by atoms with van der Waals surface area (Å²) in [6.45, 7) is -5.05. The zero-order valence-electron chi connectivity index (χ0n) is 41.8. The van der Waals surface area contributed by atoms with Gasteiger partial charge in [-0.05, 0) is 0 Å². The maximum Gasteiger partial charge on any atom is 0.460 e. The molecule has 580 valence electrons. The predicted octanol–water partition coefficient (Wildman–Crippen LogP) is 18.1. The number of amides is 1. The van der Waals surface area contributed by atoms with Gasteiger partial charge in [-0.25, -0.2) is 4.74 Å². The van der Waals surface area contributed by atoms with E-state index < -0.39 is 209 Å². The summed E-state index contributed by atoms with van der Waals surface area (Å²) in [7, 11) is 0. The Hall–Kier alpha value is -4.74. The number of alkyl halides is 59. The van der Waals surface area contributed by atoms with Crippen molar-refractivity contribution in [3.63, 3.8) is 0 Å². The summed E-state index contributed by atoms with van der Waals surface area (Å²) < 4.78 is 832. The highest BCUT2D eigenvalue weighted by molar-refractivity contribution is 5.84. The van der Waals surface area contributed by atoms with Crippen LogP contribution in [0.15, 0.2) is 0 Å². The molecule has 0 aromatic rings. The zero-order chi connectivity index (χ0) is 79.9. The number of nitrogens with zero attached hydrogens (tertiary/aromatic N) is 1. The minimum absolute atomic E-state index is 0.742. The third kappa shape index (κ3) is 10.6. The predicted molar refractivity (Wildman–Crippen MR) is 173 cm³/mol. The third-order valence-electron chi connectivity index (χ3n) is 12.4. The second-order valence-corrected chi connectivity index (χ2v) is 18.5. The quantitative estimate of drug-likeness (QED) is 0.0701. The Morgan fingerprint density at radius 1 is 0.206 bits per heavy atom. The molecule has 63 heteroatoms. The first-order valence-corrected chi connectivity index (χ1v) is 21.2. The average Bonchev–Trinajstić information content (AvgIpc) is 0.684. The van der Waals surface area contributed by atoms with Crippen molar-refractivity contribution in [1.29, 1.82) is 0 Å². The molecule has 1 heterocycles. The summed E-state index contributed by atoms with van der Waals surface area (Å²) in [6.07, 6.45) is -26.0. The maximum atomic E-state index is 14.3. The zero-order valence-corrected chi connectivity index (χ0v) is 41.8. The largest absolute Gasteiger partial charge is 0.460 e. The van der Waals surface area contributed by atoms with E-state index in [1.54, 1.807) is 0 Å². The lowest BCUT2D eigenvalue weighted by Gasteiger charge is -2.48. The van der Waals surface area contributed by atoms with Gasteiger partial charge in [0.05, 0.1) is 13.2 Å². The van der Waals surface area contributed by atoms with Crippen LogP contribution in [0.1, 0.15) is 0 Å². The van der Waals surface area contributed by atoms with Crippen LogP contribution in [0.25, 0.3) is 0 Å². The minimum Gasteiger partial charge on any atom is -0.378 e. The minimum atomic E-state index is -11.2. The number of carbonyl (C=O) groups excluding carboxylic acids is 1. The van der Waals surface area contributed by atoms with Gasteiger partial charge in [0.1, 0.15) is 0 Å². The van der Waals surface area contributed by atoms with Crippen molar-refractivity contribution in [2.24, 2.45) is 0 Å². The molecule has 0 aromatic heterocycles. The first-order chi connectivity index (χ1) is 41.0. The van der Waals surface area contributed by atoms with Crippen molar-refractivity contribution < 1.29 is 273 Å². The van der Waals surface area contributed by atoms with Crippen molar-refractivity contribution in [3.8, 4) is 0 Å². The van der Waals surface area contributed by atoms with Crippen LogP contribution in [0.5, 0.6) is 0 Å². The van der Waals surface area contributed by atoms with E-state index in [2.05, 4.69) is 4.74 Å². The molecule has 97 heavy (non-hydrogen) atoms. The standard InChI is InChI=1S/C34H8F59NO3/c35-6(36,5(95)94-1-3-96-4-2-94)33(90,91)97-34(92,93)31(85,86)29(81,82)27(77,78)25(73,74)23(69,70)21(65,66)19(61,62)17(57,58)15(53,54)13(49,50)11(45,46)9(41,42)7(37,38)8(39,40)10(43,44)12(47,48)14(51,52)16(55,56)18(59,60)20(63,64)22(67,68)24(71,72)26(75,76)28(79,80)30(83,84)32(87,88)89/h1-4H2. The van der Waals surface area contributed by atoms with Crippen LogP contribution in [0, 0.1) is 0 Å². The van der Waals surface area contributed by atoms with E-state index in [1.807, 2.05) is 0 Å². The molecule has 0 N–H and O–H groups in total. The Labute approximate surface area is 484 Å². The molecule has 1 aliphatic heterocycles. The molecule has 0 unspecified atom stereocenters. The molecular formula is C34H8F59NO3. The number of carbonyl (C=O) groups is 1. The number of rotatable bonds is 29. The third-order valence-corrected chi connectivity index (χ3v) is 12.4. The fourth-order valence-electron chi connectivity index (χ4n) is 6.27. The SMILES string of the molecule is O=C(N1CCOCC1)C(F)(F)C(F)(F)OC(F)(F)C(F)(F)C(F)(F)C(F)(F)C(F)(F)C(F)(F)C(F)(F)C(F)(F)C(F)(F)C(F)(F)C(F)(F)C(F)(F)C(F)(F)C(F)(F)C(F)(F)C(F)(F)C(F)(F)C(F)(F)C(F)(F)C(F)(F)C(F)(F)C(F)(F)C(F)(F)C(F)(F)C(F)(F)C(F)(F)C(F)(F)F. The summed E-state index contributed by atoms with van der Waals surface area (Å²) in [4.78, 5) is 10.9. The van der Waals surface area contributed by atoms with Crippen LogP contribution in [0.4, 0.5) is 259 Å². The first kappa shape index (κ1) is 90.3. The fourth-order valence-corrected chi connectivity index (χ4v) is 6.27. The molecule has 0 radical (unpaired) electrons. The molecule has 0 spiro atoms. The fraction of sp³-hybridized carbons (Fsp3) is 0.971. The lowest BCUT2D eigenvalue weighted by atomic mass is 9.81. The van der Waals surface area contributed by atoms with Crippen molar-refractivity contribution in [1.82, 2.24) is 4.90 Å². The van der Waals surface area contributed by atoms with Crippen LogP contribution < -0.4 is 0 Å². The summed E-state index contributed by atoms with van der Waals surface area (Å²) in [5, 5.41) is 0. The molecule has 0 saturated carbocycles. The Kier molecular flexibility index (Phi) is 21.1. The van der Waals surface area contributed by atoms with Crippen molar-refractivity contribution >= 4 is 5.91 Å². The van der Waals surface area contributed by atoms with Gasteiger partial charge in [-0.1, -0.05) is 0 Å². The summed E-state index contributed by atoms with van der Waals surface area (Å²) >= 11 is 0. The van der Waals surface area contributed by atoms with E-state index in [0.29, 0.717) is 0 Å². The Bertz CT molecular complexity index is 2840. The smallest absolute Gasteiger partial charge is 0.378 e. The highest BCUT2D eigenvalue weighted by atomic mass is 19.5. The Balaban J connectivity index is 4.22. The highest BCUT2D eigenvalue weighted by Gasteiger charge is 3.05. The topological polar surface area (TPSA) is 38.8 Å². The van der Waals surface area contributed by atoms with Crippen LogP contribution in [-0.4, -0.2) is 209 Å². The highest BCUT2D eigenvalue weighted by Crippen LogP contribution is 2.74.